The Hall–Kier alpha value is -0.910. The van der Waals surface area contributed by atoms with Gasteiger partial charge >= 0.3 is 0 Å². The maximum absolute atomic E-state index is 5.05. The summed E-state index contributed by atoms with van der Waals surface area (Å²) in [6, 6.07) is 0. The fraction of sp³-hybridized carbons (Fsp3) is 0.800. The fourth-order valence-corrected chi connectivity index (χ4v) is 2.79. The monoisotopic (exact) mass is 280 g/mol. The van der Waals surface area contributed by atoms with Crippen LogP contribution in [0.5, 0.6) is 0 Å². The van der Waals surface area contributed by atoms with Crippen molar-refractivity contribution in [3.05, 3.63) is 18.7 Å². The molecule has 1 aromatic rings. The van der Waals surface area contributed by atoms with Gasteiger partial charge in [0.15, 0.2) is 0 Å². The molecule has 5 nitrogen and oxygen atoms in total. The normalized spacial score (nSPS) is 17.6. The van der Waals surface area contributed by atoms with Crippen LogP contribution in [0.25, 0.3) is 0 Å². The van der Waals surface area contributed by atoms with Crippen LogP contribution in [0.1, 0.15) is 19.3 Å². The maximum Gasteiger partial charge on any atom is 0.0945 e. The molecule has 0 bridgehead atoms. The van der Waals surface area contributed by atoms with E-state index in [0.717, 1.165) is 32.2 Å². The molecule has 20 heavy (non-hydrogen) atoms. The van der Waals surface area contributed by atoms with Crippen LogP contribution in [0.4, 0.5) is 0 Å². The van der Waals surface area contributed by atoms with Gasteiger partial charge in [-0.3, -0.25) is 0 Å². The number of methoxy groups -OCH3 is 1. The third-order valence-corrected chi connectivity index (χ3v) is 4.07. The van der Waals surface area contributed by atoms with Gasteiger partial charge in [0.1, 0.15) is 0 Å². The second kappa shape index (κ2) is 9.10. The van der Waals surface area contributed by atoms with Gasteiger partial charge in [-0.1, -0.05) is 0 Å². The number of ether oxygens (including phenoxy) is 1. The Balaban J connectivity index is 1.50. The van der Waals surface area contributed by atoms with E-state index in [4.69, 9.17) is 4.74 Å². The number of hydrogen-bond acceptors (Lipinski definition) is 4. The van der Waals surface area contributed by atoms with Gasteiger partial charge in [0.25, 0.3) is 0 Å². The molecule has 0 atom stereocenters. The topological polar surface area (TPSA) is 42.3 Å². The van der Waals surface area contributed by atoms with E-state index in [9.17, 15) is 0 Å². The van der Waals surface area contributed by atoms with Crippen molar-refractivity contribution < 1.29 is 4.74 Å². The molecule has 1 fully saturated rings. The minimum atomic E-state index is 0.813. The van der Waals surface area contributed by atoms with Gasteiger partial charge in [0.2, 0.25) is 0 Å². The molecule has 1 aliphatic rings. The van der Waals surface area contributed by atoms with Crippen molar-refractivity contribution in [3.63, 3.8) is 0 Å². The molecular weight excluding hydrogens is 252 g/mol. The first-order valence-corrected chi connectivity index (χ1v) is 7.76. The standard InChI is InChI=1S/C15H28N4O/c1-20-12-6-16-13-15-3-9-18(10-4-15)7-2-8-19-11-5-17-14-19/h5,11,14-16H,2-4,6-10,12-13H2,1H3. The lowest BCUT2D eigenvalue weighted by atomic mass is 9.96. The first-order chi connectivity index (χ1) is 9.88. The van der Waals surface area contributed by atoms with Gasteiger partial charge in [0.05, 0.1) is 12.9 Å². The Morgan fingerprint density at radius 1 is 1.30 bits per heavy atom. The van der Waals surface area contributed by atoms with Crippen LogP contribution in [0.3, 0.4) is 0 Å². The summed E-state index contributed by atoms with van der Waals surface area (Å²) in [6.45, 7) is 7.72. The summed E-state index contributed by atoms with van der Waals surface area (Å²) in [5.74, 6) is 0.844. The lowest BCUT2D eigenvalue weighted by Gasteiger charge is -2.32. The highest BCUT2D eigenvalue weighted by Crippen LogP contribution is 2.16. The average molecular weight is 280 g/mol. The van der Waals surface area contributed by atoms with Gasteiger partial charge in [-0.15, -0.1) is 0 Å². The van der Waals surface area contributed by atoms with E-state index < -0.39 is 0 Å². The molecule has 5 heteroatoms. The molecular formula is C15H28N4O. The van der Waals surface area contributed by atoms with E-state index in [1.54, 1.807) is 7.11 Å². The Morgan fingerprint density at radius 3 is 2.85 bits per heavy atom. The second-order valence-corrected chi connectivity index (χ2v) is 5.64. The third-order valence-electron chi connectivity index (χ3n) is 4.07. The molecule has 1 saturated heterocycles. The molecule has 1 aromatic heterocycles. The lowest BCUT2D eigenvalue weighted by Crippen LogP contribution is -2.38. The van der Waals surface area contributed by atoms with Crippen molar-refractivity contribution in [2.24, 2.45) is 5.92 Å². The number of imidazole rings is 1. The Labute approximate surface area is 122 Å². The summed E-state index contributed by atoms with van der Waals surface area (Å²) < 4.78 is 7.21. The van der Waals surface area contributed by atoms with Crippen LogP contribution >= 0.6 is 0 Å². The number of likely N-dealkylation sites (tertiary alicyclic amines) is 1. The molecule has 2 rings (SSSR count). The summed E-state index contributed by atoms with van der Waals surface area (Å²) in [7, 11) is 1.75. The summed E-state index contributed by atoms with van der Waals surface area (Å²) >= 11 is 0. The molecule has 1 aliphatic heterocycles. The molecule has 0 spiro atoms. The maximum atomic E-state index is 5.05. The predicted octanol–water partition coefficient (Wildman–Crippen LogP) is 1.22. The quantitative estimate of drug-likeness (QED) is 0.691. The Morgan fingerprint density at radius 2 is 2.15 bits per heavy atom. The highest BCUT2D eigenvalue weighted by atomic mass is 16.5. The molecule has 1 N–H and O–H groups in total. The van der Waals surface area contributed by atoms with E-state index in [-0.39, 0.29) is 0 Å². The number of hydrogen-bond donors (Lipinski definition) is 1. The van der Waals surface area contributed by atoms with Gasteiger partial charge in [-0.2, -0.15) is 0 Å². The van der Waals surface area contributed by atoms with Crippen LogP contribution in [-0.4, -0.2) is 60.9 Å². The summed E-state index contributed by atoms with van der Waals surface area (Å²) in [5, 5.41) is 3.48. The Bertz CT molecular complexity index is 334. The molecule has 0 unspecified atom stereocenters. The molecule has 0 radical (unpaired) electrons. The van der Waals surface area contributed by atoms with Gasteiger partial charge in [-0.05, 0) is 51.4 Å². The summed E-state index contributed by atoms with van der Waals surface area (Å²) in [6.07, 6.45) is 9.65. The van der Waals surface area contributed by atoms with Crippen molar-refractivity contribution >= 4 is 0 Å². The van der Waals surface area contributed by atoms with E-state index in [0.29, 0.717) is 0 Å². The van der Waals surface area contributed by atoms with Gasteiger partial charge in [0, 0.05) is 32.6 Å². The predicted molar refractivity (Wildman–Crippen MR) is 80.8 cm³/mol. The average Bonchev–Trinajstić information content (AvgIpc) is 2.98. The SMILES string of the molecule is COCCNCC1CCN(CCCn2ccnc2)CC1. The highest BCUT2D eigenvalue weighted by molar-refractivity contribution is 4.76. The Kier molecular flexibility index (Phi) is 7.05. The molecule has 0 aliphatic carbocycles. The molecule has 2 heterocycles. The summed E-state index contributed by atoms with van der Waals surface area (Å²) in [5.41, 5.74) is 0. The first-order valence-electron chi connectivity index (χ1n) is 7.76. The van der Waals surface area contributed by atoms with Gasteiger partial charge in [-0.25, -0.2) is 4.98 Å². The number of aryl methyl sites for hydroxylation is 1. The van der Waals surface area contributed by atoms with Crippen molar-refractivity contribution in [1.82, 2.24) is 19.8 Å². The van der Waals surface area contributed by atoms with Gasteiger partial charge < -0.3 is 19.5 Å². The first kappa shape index (κ1) is 15.5. The fourth-order valence-electron chi connectivity index (χ4n) is 2.79. The van der Waals surface area contributed by atoms with Crippen molar-refractivity contribution in [1.29, 1.82) is 0 Å². The number of piperidine rings is 1. The molecule has 0 aromatic carbocycles. The zero-order chi connectivity index (χ0) is 14.0. The zero-order valence-corrected chi connectivity index (χ0v) is 12.6. The summed E-state index contributed by atoms with van der Waals surface area (Å²) in [4.78, 5) is 6.67. The van der Waals surface area contributed by atoms with Crippen LogP contribution in [0.2, 0.25) is 0 Å². The van der Waals surface area contributed by atoms with Crippen LogP contribution in [-0.2, 0) is 11.3 Å². The molecule has 114 valence electrons. The number of nitrogens with one attached hydrogen (secondary N) is 1. The van der Waals surface area contributed by atoms with Crippen LogP contribution in [0.15, 0.2) is 18.7 Å². The number of aromatic nitrogens is 2. The van der Waals surface area contributed by atoms with E-state index >= 15 is 0 Å². The minimum Gasteiger partial charge on any atom is -0.383 e. The third kappa shape index (κ3) is 5.61. The van der Waals surface area contributed by atoms with E-state index in [1.807, 2.05) is 18.7 Å². The highest BCUT2D eigenvalue weighted by Gasteiger charge is 2.18. The minimum absolute atomic E-state index is 0.813. The van der Waals surface area contributed by atoms with Crippen molar-refractivity contribution in [3.8, 4) is 0 Å². The lowest BCUT2D eigenvalue weighted by molar-refractivity contribution is 0.170. The van der Waals surface area contributed by atoms with Crippen LogP contribution in [0, 0.1) is 5.92 Å². The van der Waals surface area contributed by atoms with Crippen molar-refractivity contribution in [2.75, 3.05) is 46.4 Å². The zero-order valence-electron chi connectivity index (χ0n) is 12.6. The van der Waals surface area contributed by atoms with E-state index in [1.165, 1.54) is 38.9 Å². The largest absolute Gasteiger partial charge is 0.383 e. The second-order valence-electron chi connectivity index (χ2n) is 5.64. The molecule has 0 saturated carbocycles. The smallest absolute Gasteiger partial charge is 0.0945 e. The number of rotatable bonds is 9. The van der Waals surface area contributed by atoms with E-state index in [2.05, 4.69) is 19.8 Å². The number of nitrogens with zero attached hydrogens (tertiary/aromatic N) is 3. The van der Waals surface area contributed by atoms with Crippen molar-refractivity contribution in [2.45, 2.75) is 25.8 Å². The molecule has 0 amide bonds. The van der Waals surface area contributed by atoms with Crippen LogP contribution < -0.4 is 5.32 Å².